The van der Waals surface area contributed by atoms with Gasteiger partial charge in [0.15, 0.2) is 0 Å². The summed E-state index contributed by atoms with van der Waals surface area (Å²) in [5.74, 6) is -0.816. The summed E-state index contributed by atoms with van der Waals surface area (Å²) >= 11 is 1.54. The summed E-state index contributed by atoms with van der Waals surface area (Å²) in [6.45, 7) is 1.68. The first-order valence-corrected chi connectivity index (χ1v) is 9.19. The molecular weight excluding hydrogens is 364 g/mol. The van der Waals surface area contributed by atoms with Crippen LogP contribution < -0.4 is 5.32 Å². The molecule has 7 nitrogen and oxygen atoms in total. The normalized spacial score (nSPS) is 18.9. The van der Waals surface area contributed by atoms with Crippen LogP contribution in [0.1, 0.15) is 23.6 Å². The van der Waals surface area contributed by atoms with E-state index in [2.05, 4.69) is 5.32 Å². The topological polar surface area (TPSA) is 93.5 Å². The van der Waals surface area contributed by atoms with Gasteiger partial charge in [0.05, 0.1) is 11.6 Å². The van der Waals surface area contributed by atoms with Crippen molar-refractivity contribution in [3.8, 4) is 6.07 Å². The first-order valence-electron chi connectivity index (χ1n) is 8.25. The molecule has 2 aromatic rings. The number of carbonyl (C=O) groups is 3. The Morgan fingerprint density at radius 3 is 2.59 bits per heavy atom. The fraction of sp³-hybridized carbons (Fsp3) is 0.263. The number of nitrogens with one attached hydrogen (secondary N) is 1. The van der Waals surface area contributed by atoms with Crippen molar-refractivity contribution < 1.29 is 14.4 Å². The summed E-state index contributed by atoms with van der Waals surface area (Å²) in [7, 11) is 1.64. The molecule has 1 unspecified atom stereocenters. The highest BCUT2D eigenvalue weighted by molar-refractivity contribution is 7.07. The van der Waals surface area contributed by atoms with E-state index < -0.39 is 17.5 Å². The zero-order chi connectivity index (χ0) is 19.6. The fourth-order valence-electron chi connectivity index (χ4n) is 2.91. The van der Waals surface area contributed by atoms with Gasteiger partial charge in [-0.05, 0) is 47.0 Å². The van der Waals surface area contributed by atoms with Crippen LogP contribution in [-0.2, 0) is 21.7 Å². The Morgan fingerprint density at radius 1 is 1.30 bits per heavy atom. The molecular formula is C19H18N4O3S. The molecule has 0 saturated carbocycles. The van der Waals surface area contributed by atoms with Crippen LogP contribution in [0.5, 0.6) is 0 Å². The van der Waals surface area contributed by atoms with Crippen molar-refractivity contribution in [2.45, 2.75) is 19.0 Å². The number of amides is 4. The zero-order valence-corrected chi connectivity index (χ0v) is 15.7. The molecule has 1 aliphatic rings. The molecule has 0 bridgehead atoms. The van der Waals surface area contributed by atoms with Crippen LogP contribution in [0.3, 0.4) is 0 Å². The third-order valence-electron chi connectivity index (χ3n) is 4.59. The largest absolute Gasteiger partial charge is 0.340 e. The lowest BCUT2D eigenvalue weighted by Crippen LogP contribution is -2.43. The Kier molecular flexibility index (Phi) is 4.97. The van der Waals surface area contributed by atoms with E-state index in [0.29, 0.717) is 17.7 Å². The first kappa shape index (κ1) is 18.6. The van der Waals surface area contributed by atoms with E-state index in [0.717, 1.165) is 10.5 Å². The first-order chi connectivity index (χ1) is 12.8. The van der Waals surface area contributed by atoms with Gasteiger partial charge in [-0.3, -0.25) is 14.5 Å². The quantitative estimate of drug-likeness (QED) is 0.801. The molecule has 1 aromatic carbocycles. The van der Waals surface area contributed by atoms with E-state index in [1.807, 2.05) is 22.9 Å². The summed E-state index contributed by atoms with van der Waals surface area (Å²) in [6, 6.07) is 9.75. The molecule has 1 N–H and O–H groups in total. The van der Waals surface area contributed by atoms with Gasteiger partial charge in [-0.2, -0.15) is 16.6 Å². The Labute approximate surface area is 160 Å². The van der Waals surface area contributed by atoms with Crippen LogP contribution in [0, 0.1) is 11.3 Å². The Hall–Kier alpha value is -3.18. The third-order valence-corrected chi connectivity index (χ3v) is 5.32. The van der Waals surface area contributed by atoms with Gasteiger partial charge in [0.25, 0.3) is 5.91 Å². The smallest absolute Gasteiger partial charge is 0.325 e. The van der Waals surface area contributed by atoms with Crippen molar-refractivity contribution in [2.24, 2.45) is 0 Å². The fourth-order valence-corrected chi connectivity index (χ4v) is 3.57. The van der Waals surface area contributed by atoms with Crippen molar-refractivity contribution in [3.63, 3.8) is 0 Å². The van der Waals surface area contributed by atoms with Crippen LogP contribution in [0.4, 0.5) is 4.79 Å². The number of nitrogens with zero attached hydrogens (tertiary/aromatic N) is 3. The van der Waals surface area contributed by atoms with Gasteiger partial charge in [-0.1, -0.05) is 12.1 Å². The highest BCUT2D eigenvalue weighted by Crippen LogP contribution is 2.29. The summed E-state index contributed by atoms with van der Waals surface area (Å²) in [5.41, 5.74) is 0.746. The molecule has 8 heteroatoms. The molecule has 1 fully saturated rings. The summed E-state index contributed by atoms with van der Waals surface area (Å²) in [5, 5.41) is 15.4. The second-order valence-electron chi connectivity index (χ2n) is 6.52. The average Bonchev–Trinajstić information content (AvgIpc) is 3.24. The number of benzene rings is 1. The highest BCUT2D eigenvalue weighted by atomic mass is 32.1. The predicted molar refractivity (Wildman–Crippen MR) is 99.5 cm³/mol. The van der Waals surface area contributed by atoms with E-state index in [-0.39, 0.29) is 12.5 Å². The van der Waals surface area contributed by atoms with Gasteiger partial charge >= 0.3 is 6.03 Å². The van der Waals surface area contributed by atoms with Crippen molar-refractivity contribution in [1.29, 1.82) is 5.26 Å². The van der Waals surface area contributed by atoms with Crippen LogP contribution in [0.15, 0.2) is 41.1 Å². The van der Waals surface area contributed by atoms with Gasteiger partial charge < -0.3 is 10.2 Å². The standard InChI is InChI=1S/C19H18N4O3S/c1-19(15-5-3-13(9-20)4-6-15)17(25)23(18(26)21-19)11-16(24)22(2)10-14-7-8-27-12-14/h3-8,12H,10-11H2,1-2H3,(H,21,26). The van der Waals surface area contributed by atoms with Gasteiger partial charge in [0.1, 0.15) is 12.1 Å². The van der Waals surface area contributed by atoms with Gasteiger partial charge in [0.2, 0.25) is 5.91 Å². The number of carbonyl (C=O) groups excluding carboxylic acids is 3. The minimum absolute atomic E-state index is 0.322. The second kappa shape index (κ2) is 7.21. The van der Waals surface area contributed by atoms with Crippen LogP contribution in [0.25, 0.3) is 0 Å². The molecule has 0 spiro atoms. The molecule has 0 aliphatic carbocycles. The zero-order valence-electron chi connectivity index (χ0n) is 14.9. The number of urea groups is 1. The van der Waals surface area contributed by atoms with Crippen LogP contribution in [0.2, 0.25) is 0 Å². The molecule has 0 radical (unpaired) electrons. The molecule has 2 heterocycles. The molecule has 1 saturated heterocycles. The summed E-state index contributed by atoms with van der Waals surface area (Å²) < 4.78 is 0. The Morgan fingerprint density at radius 2 is 2.00 bits per heavy atom. The minimum atomic E-state index is -1.27. The number of likely N-dealkylation sites (N-methyl/N-ethyl adjacent to an activating group) is 1. The summed E-state index contributed by atoms with van der Waals surface area (Å²) in [4.78, 5) is 40.1. The minimum Gasteiger partial charge on any atom is -0.340 e. The highest BCUT2D eigenvalue weighted by Gasteiger charge is 2.49. The van der Waals surface area contributed by atoms with Gasteiger partial charge in [0, 0.05) is 13.6 Å². The molecule has 4 amide bonds. The van der Waals surface area contributed by atoms with Gasteiger partial charge in [-0.25, -0.2) is 4.79 Å². The van der Waals surface area contributed by atoms with E-state index in [4.69, 9.17) is 5.26 Å². The SMILES string of the molecule is CN(Cc1ccsc1)C(=O)CN1C(=O)NC(C)(c2ccc(C#N)cc2)C1=O. The lowest BCUT2D eigenvalue weighted by atomic mass is 9.91. The average molecular weight is 382 g/mol. The maximum Gasteiger partial charge on any atom is 0.325 e. The monoisotopic (exact) mass is 382 g/mol. The maximum atomic E-state index is 12.9. The number of thiophene rings is 1. The number of hydrogen-bond acceptors (Lipinski definition) is 5. The third kappa shape index (κ3) is 3.55. The Balaban J connectivity index is 1.73. The van der Waals surface area contributed by atoms with E-state index in [9.17, 15) is 14.4 Å². The van der Waals surface area contributed by atoms with Crippen molar-refractivity contribution >= 4 is 29.2 Å². The van der Waals surface area contributed by atoms with E-state index in [1.54, 1.807) is 49.6 Å². The molecule has 1 atom stereocenters. The van der Waals surface area contributed by atoms with E-state index >= 15 is 0 Å². The van der Waals surface area contributed by atoms with Gasteiger partial charge in [-0.15, -0.1) is 0 Å². The van der Waals surface area contributed by atoms with E-state index in [1.165, 1.54) is 4.90 Å². The second-order valence-corrected chi connectivity index (χ2v) is 7.30. The Bertz CT molecular complexity index is 917. The van der Waals surface area contributed by atoms with Crippen LogP contribution in [-0.4, -0.2) is 41.2 Å². The number of nitriles is 1. The predicted octanol–water partition coefficient (Wildman–Crippen LogP) is 2.05. The van der Waals surface area contributed by atoms with Crippen LogP contribution >= 0.6 is 11.3 Å². The molecule has 1 aliphatic heterocycles. The maximum absolute atomic E-state index is 12.9. The molecule has 3 rings (SSSR count). The number of imide groups is 1. The molecule has 138 valence electrons. The molecule has 27 heavy (non-hydrogen) atoms. The van der Waals surface area contributed by atoms with Crippen molar-refractivity contribution in [3.05, 3.63) is 57.8 Å². The van der Waals surface area contributed by atoms with Crippen molar-refractivity contribution in [1.82, 2.24) is 15.1 Å². The number of rotatable bonds is 5. The lowest BCUT2D eigenvalue weighted by molar-refractivity contribution is -0.138. The number of hydrogen-bond donors (Lipinski definition) is 1. The lowest BCUT2D eigenvalue weighted by Gasteiger charge is -2.23. The van der Waals surface area contributed by atoms with Crippen molar-refractivity contribution in [2.75, 3.05) is 13.6 Å². The molecule has 1 aromatic heterocycles. The summed E-state index contributed by atoms with van der Waals surface area (Å²) in [6.07, 6.45) is 0.